The Morgan fingerprint density at radius 1 is 1.18 bits per heavy atom. The highest BCUT2D eigenvalue weighted by Gasteiger charge is 2.59. The number of rotatable bonds is 2. The van der Waals surface area contributed by atoms with E-state index >= 15 is 0 Å². The summed E-state index contributed by atoms with van der Waals surface area (Å²) in [7, 11) is -2.91. The molecule has 2 fully saturated rings. The summed E-state index contributed by atoms with van der Waals surface area (Å²) < 4.78 is 22.8. The highest BCUT2D eigenvalue weighted by Crippen LogP contribution is 2.60. The van der Waals surface area contributed by atoms with E-state index in [0.717, 1.165) is 0 Å². The predicted molar refractivity (Wildman–Crippen MR) is 64.5 cm³/mol. The lowest BCUT2D eigenvalue weighted by Gasteiger charge is -2.55. The van der Waals surface area contributed by atoms with Crippen LogP contribution in [0.4, 0.5) is 0 Å². The Balaban J connectivity index is 2.13. The number of hydrogen-bond donors (Lipinski definition) is 1. The van der Waals surface area contributed by atoms with Gasteiger partial charge in [0.25, 0.3) is 0 Å². The summed E-state index contributed by atoms with van der Waals surface area (Å²) in [6, 6.07) is 0. The molecule has 1 aliphatic carbocycles. The van der Waals surface area contributed by atoms with Crippen molar-refractivity contribution >= 4 is 15.8 Å². The van der Waals surface area contributed by atoms with Gasteiger partial charge in [0.05, 0.1) is 16.9 Å². The van der Waals surface area contributed by atoms with Gasteiger partial charge < -0.3 is 5.11 Å². The fourth-order valence-corrected chi connectivity index (χ4v) is 5.20. The standard InChI is InChI=1S/C12H20O4S/c1-11(2)7-12(8-11,10(13)14)9-3-5-17(15,16)6-4-9/h9H,3-8H2,1-2H3,(H,13,14). The van der Waals surface area contributed by atoms with Crippen molar-refractivity contribution in [1.29, 1.82) is 0 Å². The van der Waals surface area contributed by atoms with Crippen molar-refractivity contribution in [2.24, 2.45) is 16.7 Å². The maximum absolute atomic E-state index is 11.5. The van der Waals surface area contributed by atoms with E-state index in [1.165, 1.54) is 0 Å². The molecule has 17 heavy (non-hydrogen) atoms. The van der Waals surface area contributed by atoms with Gasteiger partial charge in [-0.2, -0.15) is 0 Å². The van der Waals surface area contributed by atoms with Crippen LogP contribution in [0, 0.1) is 16.7 Å². The Bertz CT molecular complexity index is 413. The fourth-order valence-electron chi connectivity index (χ4n) is 3.71. The molecule has 1 saturated carbocycles. The number of carboxylic acid groups (broad SMARTS) is 1. The maximum atomic E-state index is 11.5. The van der Waals surface area contributed by atoms with Gasteiger partial charge in [-0.25, -0.2) is 8.42 Å². The van der Waals surface area contributed by atoms with Crippen molar-refractivity contribution in [1.82, 2.24) is 0 Å². The quantitative estimate of drug-likeness (QED) is 0.820. The van der Waals surface area contributed by atoms with Crippen molar-refractivity contribution in [3.05, 3.63) is 0 Å². The van der Waals surface area contributed by atoms with Gasteiger partial charge in [0.1, 0.15) is 9.84 Å². The molecule has 1 aliphatic heterocycles. The van der Waals surface area contributed by atoms with Crippen LogP contribution in [0.2, 0.25) is 0 Å². The van der Waals surface area contributed by atoms with Gasteiger partial charge in [0.15, 0.2) is 0 Å². The zero-order valence-electron chi connectivity index (χ0n) is 10.4. The normalized spacial score (nSPS) is 30.5. The molecule has 1 heterocycles. The van der Waals surface area contributed by atoms with Crippen LogP contribution in [0.15, 0.2) is 0 Å². The Morgan fingerprint density at radius 3 is 2.00 bits per heavy atom. The summed E-state index contributed by atoms with van der Waals surface area (Å²) in [5.74, 6) is -0.377. The maximum Gasteiger partial charge on any atom is 0.309 e. The van der Waals surface area contributed by atoms with Crippen molar-refractivity contribution in [3.8, 4) is 0 Å². The second kappa shape index (κ2) is 3.70. The summed E-state index contributed by atoms with van der Waals surface area (Å²) in [4.78, 5) is 11.5. The molecule has 0 aromatic heterocycles. The Kier molecular flexibility index (Phi) is 2.80. The zero-order chi connectivity index (χ0) is 12.9. The molecule has 2 aliphatic rings. The average molecular weight is 260 g/mol. The number of hydrogen-bond acceptors (Lipinski definition) is 3. The molecule has 1 saturated heterocycles. The van der Waals surface area contributed by atoms with E-state index in [4.69, 9.17) is 0 Å². The van der Waals surface area contributed by atoms with E-state index in [9.17, 15) is 18.3 Å². The van der Waals surface area contributed by atoms with E-state index in [0.29, 0.717) is 25.7 Å². The summed E-state index contributed by atoms with van der Waals surface area (Å²) >= 11 is 0. The molecule has 0 amide bonds. The first-order valence-corrected chi connectivity index (χ1v) is 7.93. The van der Waals surface area contributed by atoms with Crippen LogP contribution in [0.5, 0.6) is 0 Å². The number of carboxylic acids is 1. The Morgan fingerprint density at radius 2 is 1.65 bits per heavy atom. The molecule has 0 radical (unpaired) electrons. The average Bonchev–Trinajstić information content (AvgIpc) is 2.13. The fraction of sp³-hybridized carbons (Fsp3) is 0.917. The smallest absolute Gasteiger partial charge is 0.309 e. The molecule has 5 heteroatoms. The summed E-state index contributed by atoms with van der Waals surface area (Å²) in [6.45, 7) is 4.15. The van der Waals surface area contributed by atoms with Gasteiger partial charge in [-0.05, 0) is 37.0 Å². The molecule has 0 aromatic rings. The van der Waals surface area contributed by atoms with Crippen LogP contribution in [-0.2, 0) is 14.6 Å². The lowest BCUT2D eigenvalue weighted by atomic mass is 9.49. The van der Waals surface area contributed by atoms with E-state index in [-0.39, 0.29) is 22.8 Å². The minimum atomic E-state index is -2.91. The molecule has 4 nitrogen and oxygen atoms in total. The van der Waals surface area contributed by atoms with Gasteiger partial charge in [-0.1, -0.05) is 13.8 Å². The first-order valence-electron chi connectivity index (χ1n) is 6.11. The van der Waals surface area contributed by atoms with Crippen LogP contribution >= 0.6 is 0 Å². The largest absolute Gasteiger partial charge is 0.481 e. The monoisotopic (exact) mass is 260 g/mol. The van der Waals surface area contributed by atoms with Gasteiger partial charge in [-0.3, -0.25) is 4.79 Å². The zero-order valence-corrected chi connectivity index (χ0v) is 11.2. The molecular weight excluding hydrogens is 240 g/mol. The van der Waals surface area contributed by atoms with Gasteiger partial charge in [-0.15, -0.1) is 0 Å². The van der Waals surface area contributed by atoms with Crippen LogP contribution in [0.1, 0.15) is 39.5 Å². The lowest BCUT2D eigenvalue weighted by molar-refractivity contribution is -0.172. The van der Waals surface area contributed by atoms with Crippen LogP contribution in [0.25, 0.3) is 0 Å². The molecular formula is C12H20O4S. The number of carbonyl (C=O) groups is 1. The molecule has 98 valence electrons. The van der Waals surface area contributed by atoms with Crippen molar-refractivity contribution in [2.45, 2.75) is 39.5 Å². The molecule has 0 atom stereocenters. The third kappa shape index (κ3) is 2.21. The van der Waals surface area contributed by atoms with E-state index in [1.54, 1.807) is 0 Å². The van der Waals surface area contributed by atoms with E-state index in [1.807, 2.05) is 0 Å². The Labute approximate surface area is 102 Å². The Hall–Kier alpha value is -0.580. The third-order valence-corrected chi connectivity index (χ3v) is 6.07. The molecule has 2 rings (SSSR count). The first kappa shape index (κ1) is 12.9. The third-order valence-electron chi connectivity index (χ3n) is 4.35. The molecule has 0 unspecified atom stereocenters. The second-order valence-corrected chi connectivity index (χ2v) is 8.71. The highest BCUT2D eigenvalue weighted by molar-refractivity contribution is 7.91. The van der Waals surface area contributed by atoms with Crippen LogP contribution in [0.3, 0.4) is 0 Å². The van der Waals surface area contributed by atoms with Crippen LogP contribution < -0.4 is 0 Å². The minimum absolute atomic E-state index is 0.0385. The van der Waals surface area contributed by atoms with Gasteiger partial charge in [0.2, 0.25) is 0 Å². The summed E-state index contributed by atoms with van der Waals surface area (Å²) in [5, 5.41) is 9.45. The number of aliphatic carboxylic acids is 1. The molecule has 1 N–H and O–H groups in total. The van der Waals surface area contributed by atoms with E-state index in [2.05, 4.69) is 13.8 Å². The SMILES string of the molecule is CC1(C)CC(C(=O)O)(C2CCS(=O)(=O)CC2)C1. The van der Waals surface area contributed by atoms with Gasteiger partial charge in [0, 0.05) is 0 Å². The second-order valence-electron chi connectivity index (χ2n) is 6.41. The molecule has 0 bridgehead atoms. The summed E-state index contributed by atoms with van der Waals surface area (Å²) in [5.41, 5.74) is -0.561. The summed E-state index contributed by atoms with van der Waals surface area (Å²) in [6.07, 6.45) is 2.40. The van der Waals surface area contributed by atoms with Crippen LogP contribution in [-0.4, -0.2) is 31.0 Å². The highest BCUT2D eigenvalue weighted by atomic mass is 32.2. The predicted octanol–water partition coefficient (Wildman–Crippen LogP) is 1.70. The topological polar surface area (TPSA) is 71.4 Å². The van der Waals surface area contributed by atoms with Crippen molar-refractivity contribution in [2.75, 3.05) is 11.5 Å². The van der Waals surface area contributed by atoms with E-state index < -0.39 is 21.2 Å². The van der Waals surface area contributed by atoms with Gasteiger partial charge >= 0.3 is 5.97 Å². The molecule has 0 aromatic carbocycles. The van der Waals surface area contributed by atoms with Crippen molar-refractivity contribution in [3.63, 3.8) is 0 Å². The minimum Gasteiger partial charge on any atom is -0.481 e. The number of sulfone groups is 1. The lowest BCUT2D eigenvalue weighted by Crippen LogP contribution is -2.54. The van der Waals surface area contributed by atoms with Crippen molar-refractivity contribution < 1.29 is 18.3 Å². The molecule has 0 spiro atoms. The first-order chi connectivity index (χ1) is 7.67.